The summed E-state index contributed by atoms with van der Waals surface area (Å²) in [6, 6.07) is 7.89. The number of nitrogens with zero attached hydrogens (tertiary/aromatic N) is 3. The molecule has 0 bridgehead atoms. The first-order valence-electron chi connectivity index (χ1n) is 5.55. The Morgan fingerprint density at radius 3 is 2.89 bits per heavy atom. The molecule has 0 atom stereocenters. The van der Waals surface area contributed by atoms with Crippen LogP contribution < -0.4 is 4.90 Å². The number of aliphatic hydroxyl groups is 1. The van der Waals surface area contributed by atoms with Gasteiger partial charge in [0.15, 0.2) is 0 Å². The zero-order chi connectivity index (χ0) is 13.0. The molecule has 2 rings (SSSR count). The normalized spacial score (nSPS) is 10.6. The molecule has 0 saturated heterocycles. The van der Waals surface area contributed by atoms with Crippen molar-refractivity contribution in [2.75, 3.05) is 31.4 Å². The predicted molar refractivity (Wildman–Crippen MR) is 71.9 cm³/mol. The highest BCUT2D eigenvalue weighted by atomic mass is 32.2. The SMILES string of the molecule is CN(C)c1cccc(-c2nnc(SCCO)o2)c1. The third-order valence-electron chi connectivity index (χ3n) is 2.33. The summed E-state index contributed by atoms with van der Waals surface area (Å²) >= 11 is 1.35. The van der Waals surface area contributed by atoms with E-state index in [1.807, 2.05) is 43.3 Å². The van der Waals surface area contributed by atoms with Crippen LogP contribution in [-0.4, -0.2) is 41.8 Å². The van der Waals surface area contributed by atoms with Crippen molar-refractivity contribution < 1.29 is 9.52 Å². The number of aromatic nitrogens is 2. The monoisotopic (exact) mass is 265 g/mol. The van der Waals surface area contributed by atoms with Gasteiger partial charge in [0.2, 0.25) is 5.89 Å². The van der Waals surface area contributed by atoms with Crippen LogP contribution in [0.1, 0.15) is 0 Å². The van der Waals surface area contributed by atoms with Crippen molar-refractivity contribution >= 4 is 17.4 Å². The van der Waals surface area contributed by atoms with Crippen LogP contribution in [0.25, 0.3) is 11.5 Å². The number of benzene rings is 1. The Morgan fingerprint density at radius 1 is 1.33 bits per heavy atom. The van der Waals surface area contributed by atoms with Gasteiger partial charge in [0.05, 0.1) is 6.61 Å². The molecule has 0 radical (unpaired) electrons. The van der Waals surface area contributed by atoms with E-state index in [2.05, 4.69) is 10.2 Å². The summed E-state index contributed by atoms with van der Waals surface area (Å²) in [5.41, 5.74) is 1.97. The molecule has 0 aliphatic carbocycles. The lowest BCUT2D eigenvalue weighted by atomic mass is 10.2. The molecule has 0 saturated carbocycles. The molecular weight excluding hydrogens is 250 g/mol. The summed E-state index contributed by atoms with van der Waals surface area (Å²) in [5, 5.41) is 17.1. The highest BCUT2D eigenvalue weighted by Crippen LogP contribution is 2.25. The molecule has 96 valence electrons. The van der Waals surface area contributed by atoms with Crippen LogP contribution in [-0.2, 0) is 0 Å². The first kappa shape index (κ1) is 12.9. The van der Waals surface area contributed by atoms with E-state index in [9.17, 15) is 0 Å². The molecular formula is C12H15N3O2S. The highest BCUT2D eigenvalue weighted by molar-refractivity contribution is 7.99. The van der Waals surface area contributed by atoms with Crippen molar-refractivity contribution in [1.29, 1.82) is 0 Å². The van der Waals surface area contributed by atoms with E-state index in [1.54, 1.807) is 0 Å². The molecule has 2 aromatic rings. The summed E-state index contributed by atoms with van der Waals surface area (Å²) in [7, 11) is 3.96. The maximum Gasteiger partial charge on any atom is 0.276 e. The lowest BCUT2D eigenvalue weighted by Gasteiger charge is -2.12. The number of hydrogen-bond donors (Lipinski definition) is 1. The fourth-order valence-electron chi connectivity index (χ4n) is 1.43. The second kappa shape index (κ2) is 5.88. The van der Waals surface area contributed by atoms with E-state index in [0.717, 1.165) is 11.3 Å². The molecule has 1 aromatic heterocycles. The van der Waals surface area contributed by atoms with Gasteiger partial charge in [-0.15, -0.1) is 10.2 Å². The smallest absolute Gasteiger partial charge is 0.276 e. The van der Waals surface area contributed by atoms with Gasteiger partial charge in [-0.1, -0.05) is 17.8 Å². The molecule has 6 heteroatoms. The van der Waals surface area contributed by atoms with Crippen LogP contribution in [0.4, 0.5) is 5.69 Å². The fourth-order valence-corrected chi connectivity index (χ4v) is 1.94. The van der Waals surface area contributed by atoms with Gasteiger partial charge >= 0.3 is 0 Å². The van der Waals surface area contributed by atoms with Gasteiger partial charge in [0.25, 0.3) is 5.22 Å². The fraction of sp³-hybridized carbons (Fsp3) is 0.333. The van der Waals surface area contributed by atoms with E-state index < -0.39 is 0 Å². The Balaban J connectivity index is 2.20. The number of thioether (sulfide) groups is 1. The molecule has 1 heterocycles. The van der Waals surface area contributed by atoms with Gasteiger partial charge in [-0.25, -0.2) is 0 Å². The third-order valence-corrected chi connectivity index (χ3v) is 3.13. The van der Waals surface area contributed by atoms with Gasteiger partial charge in [0.1, 0.15) is 0 Å². The van der Waals surface area contributed by atoms with Gasteiger partial charge < -0.3 is 14.4 Å². The van der Waals surface area contributed by atoms with Crippen molar-refractivity contribution in [3.05, 3.63) is 24.3 Å². The number of anilines is 1. The lowest BCUT2D eigenvalue weighted by molar-refractivity contribution is 0.322. The molecule has 0 aliphatic rings. The van der Waals surface area contributed by atoms with Crippen LogP contribution in [0.5, 0.6) is 0 Å². The van der Waals surface area contributed by atoms with Crippen LogP contribution in [0, 0.1) is 0 Å². The van der Waals surface area contributed by atoms with Crippen LogP contribution in [0.2, 0.25) is 0 Å². The van der Waals surface area contributed by atoms with Gasteiger partial charge in [-0.3, -0.25) is 0 Å². The third kappa shape index (κ3) is 3.02. The first-order valence-corrected chi connectivity index (χ1v) is 6.54. The van der Waals surface area contributed by atoms with Crippen molar-refractivity contribution in [2.45, 2.75) is 5.22 Å². The van der Waals surface area contributed by atoms with Crippen molar-refractivity contribution in [1.82, 2.24) is 10.2 Å². The Morgan fingerprint density at radius 2 is 2.17 bits per heavy atom. The standard InChI is InChI=1S/C12H15N3O2S/c1-15(2)10-5-3-4-9(8-10)11-13-14-12(17-11)18-7-6-16/h3-5,8,16H,6-7H2,1-2H3. The lowest BCUT2D eigenvalue weighted by Crippen LogP contribution is -2.08. The quantitative estimate of drug-likeness (QED) is 0.833. The van der Waals surface area contributed by atoms with Crippen molar-refractivity contribution in [2.24, 2.45) is 0 Å². The van der Waals surface area contributed by atoms with E-state index in [0.29, 0.717) is 16.9 Å². The Bertz CT molecular complexity index is 514. The summed E-state index contributed by atoms with van der Waals surface area (Å²) < 4.78 is 5.52. The minimum absolute atomic E-state index is 0.0957. The molecule has 5 nitrogen and oxygen atoms in total. The minimum atomic E-state index is 0.0957. The van der Waals surface area contributed by atoms with Crippen molar-refractivity contribution in [3.8, 4) is 11.5 Å². The maximum absolute atomic E-state index is 8.73. The Hall–Kier alpha value is -1.53. The van der Waals surface area contributed by atoms with E-state index >= 15 is 0 Å². The maximum atomic E-state index is 8.73. The molecule has 0 spiro atoms. The van der Waals surface area contributed by atoms with E-state index in [4.69, 9.17) is 9.52 Å². The molecule has 1 aromatic carbocycles. The second-order valence-electron chi connectivity index (χ2n) is 3.89. The number of hydrogen-bond acceptors (Lipinski definition) is 6. The summed E-state index contributed by atoms with van der Waals surface area (Å²) in [5.74, 6) is 1.05. The van der Waals surface area contributed by atoms with E-state index in [-0.39, 0.29) is 6.61 Å². The molecule has 0 amide bonds. The molecule has 0 fully saturated rings. The van der Waals surface area contributed by atoms with Crippen LogP contribution >= 0.6 is 11.8 Å². The average molecular weight is 265 g/mol. The number of aliphatic hydroxyl groups excluding tert-OH is 1. The number of rotatable bonds is 5. The van der Waals surface area contributed by atoms with Gasteiger partial charge in [-0.2, -0.15) is 0 Å². The molecule has 18 heavy (non-hydrogen) atoms. The van der Waals surface area contributed by atoms with Gasteiger partial charge in [-0.05, 0) is 18.2 Å². The zero-order valence-corrected chi connectivity index (χ0v) is 11.1. The topological polar surface area (TPSA) is 62.4 Å². The molecule has 0 aliphatic heterocycles. The second-order valence-corrected chi connectivity index (χ2v) is 4.94. The first-order chi connectivity index (χ1) is 8.70. The predicted octanol–water partition coefficient (Wildman–Crippen LogP) is 1.89. The zero-order valence-electron chi connectivity index (χ0n) is 10.3. The highest BCUT2D eigenvalue weighted by Gasteiger charge is 2.09. The Labute approximate surface area is 110 Å². The average Bonchev–Trinajstić information content (AvgIpc) is 2.85. The van der Waals surface area contributed by atoms with Crippen LogP contribution in [0.15, 0.2) is 33.9 Å². The molecule has 1 N–H and O–H groups in total. The molecule has 0 unspecified atom stereocenters. The Kier molecular flexibility index (Phi) is 4.22. The van der Waals surface area contributed by atoms with Crippen LogP contribution in [0.3, 0.4) is 0 Å². The summed E-state index contributed by atoms with van der Waals surface area (Å²) in [6.45, 7) is 0.0957. The minimum Gasteiger partial charge on any atom is -0.411 e. The van der Waals surface area contributed by atoms with Gasteiger partial charge in [0, 0.05) is 31.1 Å². The van der Waals surface area contributed by atoms with Crippen molar-refractivity contribution in [3.63, 3.8) is 0 Å². The summed E-state index contributed by atoms with van der Waals surface area (Å²) in [4.78, 5) is 2.02. The summed E-state index contributed by atoms with van der Waals surface area (Å²) in [6.07, 6.45) is 0. The largest absolute Gasteiger partial charge is 0.411 e. The van der Waals surface area contributed by atoms with E-state index in [1.165, 1.54) is 11.8 Å².